The Balaban J connectivity index is 1.94. The minimum absolute atomic E-state index is 0.0137. The van der Waals surface area contributed by atoms with E-state index in [0.717, 1.165) is 0 Å². The summed E-state index contributed by atoms with van der Waals surface area (Å²) < 4.78 is 21.8. The molecule has 0 bridgehead atoms. The Labute approximate surface area is 113 Å². The number of rotatable bonds is 2. The van der Waals surface area contributed by atoms with Gasteiger partial charge in [-0.1, -0.05) is 0 Å². The van der Waals surface area contributed by atoms with Gasteiger partial charge in [-0.15, -0.1) is 0 Å². The first-order valence-electron chi connectivity index (χ1n) is 6.52. The molecule has 4 atom stereocenters. The second-order valence-electron chi connectivity index (χ2n) is 6.23. The zero-order valence-corrected chi connectivity index (χ0v) is 11.8. The van der Waals surface area contributed by atoms with Crippen LogP contribution in [0.15, 0.2) is 0 Å². The van der Waals surface area contributed by atoms with Gasteiger partial charge in [-0.3, -0.25) is 4.79 Å². The molecular formula is C13H22O6. The molecule has 2 aliphatic heterocycles. The van der Waals surface area contributed by atoms with Crippen molar-refractivity contribution >= 4 is 5.97 Å². The van der Waals surface area contributed by atoms with Crippen LogP contribution in [-0.2, 0) is 23.7 Å². The van der Waals surface area contributed by atoms with Gasteiger partial charge in [-0.25, -0.2) is 0 Å². The van der Waals surface area contributed by atoms with Gasteiger partial charge in [0.2, 0.25) is 0 Å². The third-order valence-corrected chi connectivity index (χ3v) is 3.05. The first-order valence-corrected chi connectivity index (χ1v) is 6.52. The fraction of sp³-hybridized carbons (Fsp3) is 0.923. The van der Waals surface area contributed by atoms with Crippen molar-refractivity contribution in [1.29, 1.82) is 0 Å². The van der Waals surface area contributed by atoms with E-state index in [1.54, 1.807) is 27.7 Å². The lowest BCUT2D eigenvalue weighted by Gasteiger charge is -2.40. The van der Waals surface area contributed by atoms with Crippen molar-refractivity contribution in [2.75, 3.05) is 13.2 Å². The Morgan fingerprint density at radius 2 is 2.11 bits per heavy atom. The highest BCUT2D eigenvalue weighted by molar-refractivity contribution is 5.70. The smallest absolute Gasteiger partial charge is 0.311 e. The number of hydrogen-bond acceptors (Lipinski definition) is 6. The van der Waals surface area contributed by atoms with E-state index in [4.69, 9.17) is 18.9 Å². The van der Waals surface area contributed by atoms with Gasteiger partial charge in [0.15, 0.2) is 5.79 Å². The van der Waals surface area contributed by atoms with E-state index in [-0.39, 0.29) is 25.1 Å². The molecule has 6 nitrogen and oxygen atoms in total. The molecule has 0 aliphatic carbocycles. The first kappa shape index (κ1) is 14.7. The molecule has 0 aromatic carbocycles. The summed E-state index contributed by atoms with van der Waals surface area (Å²) in [6.45, 7) is 7.64. The van der Waals surface area contributed by atoms with E-state index in [0.29, 0.717) is 6.61 Å². The van der Waals surface area contributed by atoms with Crippen LogP contribution in [0, 0.1) is 0 Å². The SMILES string of the molecule is CC(C)(C)OC(=O)C[C@@]1(C)OC[C@H]2OC[C@H](O)[C@H]2O1. The van der Waals surface area contributed by atoms with E-state index in [9.17, 15) is 9.90 Å². The largest absolute Gasteiger partial charge is 0.460 e. The zero-order valence-electron chi connectivity index (χ0n) is 11.8. The van der Waals surface area contributed by atoms with E-state index < -0.39 is 23.6 Å². The number of aliphatic hydroxyl groups excluding tert-OH is 1. The van der Waals surface area contributed by atoms with Crippen molar-refractivity contribution in [2.45, 2.75) is 63.8 Å². The molecule has 0 unspecified atom stereocenters. The van der Waals surface area contributed by atoms with Crippen LogP contribution in [0.1, 0.15) is 34.1 Å². The van der Waals surface area contributed by atoms with Crippen LogP contribution in [0.3, 0.4) is 0 Å². The van der Waals surface area contributed by atoms with Crippen LogP contribution in [-0.4, -0.2) is 54.0 Å². The minimum Gasteiger partial charge on any atom is -0.460 e. The first-order chi connectivity index (χ1) is 8.69. The highest BCUT2D eigenvalue weighted by Gasteiger charge is 2.48. The molecule has 6 heteroatoms. The maximum atomic E-state index is 11.8. The van der Waals surface area contributed by atoms with Crippen molar-refractivity contribution in [1.82, 2.24) is 0 Å². The number of esters is 1. The number of ether oxygens (including phenoxy) is 4. The predicted molar refractivity (Wildman–Crippen MR) is 65.4 cm³/mol. The molecule has 0 spiro atoms. The van der Waals surface area contributed by atoms with Gasteiger partial charge in [0.1, 0.15) is 23.9 Å². The van der Waals surface area contributed by atoms with Gasteiger partial charge in [-0.05, 0) is 27.7 Å². The molecule has 0 saturated carbocycles. The molecular weight excluding hydrogens is 252 g/mol. The van der Waals surface area contributed by atoms with Crippen molar-refractivity contribution < 1.29 is 28.8 Å². The summed E-state index contributed by atoms with van der Waals surface area (Å²) in [5, 5.41) is 9.76. The molecule has 19 heavy (non-hydrogen) atoms. The molecule has 2 fully saturated rings. The van der Waals surface area contributed by atoms with Crippen LogP contribution >= 0.6 is 0 Å². The Morgan fingerprint density at radius 3 is 2.74 bits per heavy atom. The van der Waals surface area contributed by atoms with Gasteiger partial charge in [0.25, 0.3) is 0 Å². The van der Waals surface area contributed by atoms with E-state index in [2.05, 4.69) is 0 Å². The molecule has 0 radical (unpaired) electrons. The molecule has 2 heterocycles. The Bertz CT molecular complexity index is 350. The van der Waals surface area contributed by atoms with Crippen molar-refractivity contribution in [3.63, 3.8) is 0 Å². The van der Waals surface area contributed by atoms with E-state index in [1.165, 1.54) is 0 Å². The molecule has 110 valence electrons. The maximum absolute atomic E-state index is 11.8. The second kappa shape index (κ2) is 5.01. The van der Waals surface area contributed by atoms with Gasteiger partial charge >= 0.3 is 5.97 Å². The molecule has 1 N–H and O–H groups in total. The molecule has 0 amide bonds. The van der Waals surface area contributed by atoms with Crippen molar-refractivity contribution in [3.05, 3.63) is 0 Å². The van der Waals surface area contributed by atoms with Crippen LogP contribution in [0.2, 0.25) is 0 Å². The highest BCUT2D eigenvalue weighted by Crippen LogP contribution is 2.33. The van der Waals surface area contributed by atoms with Crippen molar-refractivity contribution in [3.8, 4) is 0 Å². The van der Waals surface area contributed by atoms with Crippen LogP contribution in [0.25, 0.3) is 0 Å². The second-order valence-corrected chi connectivity index (χ2v) is 6.23. The Hall–Kier alpha value is -0.690. The molecule has 2 saturated heterocycles. The summed E-state index contributed by atoms with van der Waals surface area (Å²) in [5.74, 6) is -1.46. The number of carbonyl (C=O) groups is 1. The summed E-state index contributed by atoms with van der Waals surface area (Å²) in [6, 6.07) is 0. The lowest BCUT2D eigenvalue weighted by molar-refractivity contribution is -0.310. The monoisotopic (exact) mass is 274 g/mol. The number of carbonyl (C=O) groups excluding carboxylic acids is 1. The molecule has 0 aromatic heterocycles. The summed E-state index contributed by atoms with van der Waals surface area (Å²) in [7, 11) is 0. The average Bonchev–Trinajstić information content (AvgIpc) is 2.56. The standard InChI is InChI=1S/C13H22O6/c1-12(2,3)18-10(15)5-13(4)17-7-9-11(19-13)8(14)6-16-9/h8-9,11,14H,5-7H2,1-4H3/t8-,9+,11+,13-/m0/s1. The average molecular weight is 274 g/mol. The van der Waals surface area contributed by atoms with Gasteiger partial charge in [0.05, 0.1) is 19.6 Å². The number of aliphatic hydroxyl groups is 1. The summed E-state index contributed by atoms with van der Waals surface area (Å²) in [4.78, 5) is 11.8. The summed E-state index contributed by atoms with van der Waals surface area (Å²) in [6.07, 6.45) is -1.39. The normalized spacial score (nSPS) is 38.9. The van der Waals surface area contributed by atoms with Crippen LogP contribution < -0.4 is 0 Å². The number of hydrogen-bond donors (Lipinski definition) is 1. The Morgan fingerprint density at radius 1 is 1.42 bits per heavy atom. The molecule has 2 aliphatic rings. The van der Waals surface area contributed by atoms with Gasteiger partial charge in [0, 0.05) is 0 Å². The zero-order chi connectivity index (χ0) is 14.3. The van der Waals surface area contributed by atoms with E-state index >= 15 is 0 Å². The third kappa shape index (κ3) is 3.66. The topological polar surface area (TPSA) is 74.2 Å². The van der Waals surface area contributed by atoms with Crippen molar-refractivity contribution in [2.24, 2.45) is 0 Å². The van der Waals surface area contributed by atoms with Gasteiger partial charge < -0.3 is 24.1 Å². The fourth-order valence-electron chi connectivity index (χ4n) is 2.27. The van der Waals surface area contributed by atoms with Crippen LogP contribution in [0.5, 0.6) is 0 Å². The predicted octanol–water partition coefficient (Wildman–Crippen LogP) is 0.609. The fourth-order valence-corrected chi connectivity index (χ4v) is 2.27. The molecule has 0 aromatic rings. The van der Waals surface area contributed by atoms with E-state index in [1.807, 2.05) is 0 Å². The quantitative estimate of drug-likeness (QED) is 0.744. The lowest BCUT2D eigenvalue weighted by atomic mass is 10.1. The minimum atomic E-state index is -1.07. The summed E-state index contributed by atoms with van der Waals surface area (Å²) in [5.41, 5.74) is -0.541. The highest BCUT2D eigenvalue weighted by atomic mass is 16.7. The van der Waals surface area contributed by atoms with Gasteiger partial charge in [-0.2, -0.15) is 0 Å². The summed E-state index contributed by atoms with van der Waals surface area (Å²) >= 11 is 0. The molecule has 2 rings (SSSR count). The maximum Gasteiger partial charge on any atom is 0.311 e. The van der Waals surface area contributed by atoms with Crippen LogP contribution in [0.4, 0.5) is 0 Å². The third-order valence-electron chi connectivity index (χ3n) is 3.05. The lowest BCUT2D eigenvalue weighted by Crippen LogP contribution is -2.52. The number of fused-ring (bicyclic) bond motifs is 1. The Kier molecular flexibility index (Phi) is 3.88.